The van der Waals surface area contributed by atoms with Gasteiger partial charge >= 0.3 is 0 Å². The van der Waals surface area contributed by atoms with Crippen molar-refractivity contribution >= 4 is 69.0 Å². The first-order valence-corrected chi connectivity index (χ1v) is 13.0. The van der Waals surface area contributed by atoms with Crippen molar-refractivity contribution in [3.8, 4) is 0 Å². The van der Waals surface area contributed by atoms with E-state index in [0.29, 0.717) is 44.4 Å². The molecule has 2 fully saturated rings. The van der Waals surface area contributed by atoms with E-state index in [1.54, 1.807) is 23.2 Å². The molecule has 0 bridgehead atoms. The average molecular weight is 526 g/mol. The molecule has 0 spiro atoms. The number of piperazine rings is 1. The zero-order valence-corrected chi connectivity index (χ0v) is 21.7. The lowest BCUT2D eigenvalue weighted by Gasteiger charge is -2.37. The summed E-state index contributed by atoms with van der Waals surface area (Å²) in [6.45, 7) is 6.71. The third-order valence-electron chi connectivity index (χ3n) is 6.12. The SMILES string of the molecule is CC(C)N1C(=O)/C(=C/c2c(N3CCN(c4cccc(Cl)c4)CC3)nc3ccccn3c2=O)SC1=S. The molecule has 5 rings (SSSR count). The van der Waals surface area contributed by atoms with Crippen LogP contribution in [0, 0.1) is 0 Å². The van der Waals surface area contributed by atoms with Gasteiger partial charge in [0.25, 0.3) is 11.5 Å². The second-order valence-electron chi connectivity index (χ2n) is 8.68. The highest BCUT2D eigenvalue weighted by molar-refractivity contribution is 8.26. The van der Waals surface area contributed by atoms with E-state index in [4.69, 9.17) is 28.8 Å². The van der Waals surface area contributed by atoms with Gasteiger partial charge in [-0.3, -0.25) is 18.9 Å². The minimum Gasteiger partial charge on any atom is -0.368 e. The Morgan fingerprint density at radius 1 is 1.06 bits per heavy atom. The topological polar surface area (TPSA) is 61.2 Å². The number of nitrogens with zero attached hydrogens (tertiary/aromatic N) is 5. The van der Waals surface area contributed by atoms with Crippen LogP contribution >= 0.6 is 35.6 Å². The predicted octanol–water partition coefficient (Wildman–Crippen LogP) is 4.28. The maximum Gasteiger partial charge on any atom is 0.267 e. The number of aromatic nitrogens is 2. The van der Waals surface area contributed by atoms with E-state index in [9.17, 15) is 9.59 Å². The molecular formula is C25H24ClN5O2S2. The summed E-state index contributed by atoms with van der Waals surface area (Å²) < 4.78 is 2.02. The van der Waals surface area contributed by atoms with E-state index in [0.717, 1.165) is 18.8 Å². The van der Waals surface area contributed by atoms with Gasteiger partial charge in [-0.25, -0.2) is 4.98 Å². The number of thioether (sulfide) groups is 1. The number of carbonyl (C=O) groups excluding carboxylic acids is 1. The molecule has 1 aromatic carbocycles. The van der Waals surface area contributed by atoms with Gasteiger partial charge in [-0.05, 0) is 50.3 Å². The number of carbonyl (C=O) groups is 1. The van der Waals surface area contributed by atoms with Crippen LogP contribution < -0.4 is 15.4 Å². The van der Waals surface area contributed by atoms with Crippen LogP contribution in [0.1, 0.15) is 19.4 Å². The second-order valence-corrected chi connectivity index (χ2v) is 10.8. The van der Waals surface area contributed by atoms with Gasteiger partial charge in [0.05, 0.1) is 10.5 Å². The van der Waals surface area contributed by atoms with Gasteiger partial charge in [0.15, 0.2) is 0 Å². The third-order valence-corrected chi connectivity index (χ3v) is 7.68. The summed E-state index contributed by atoms with van der Waals surface area (Å²) in [6, 6.07) is 13.2. The summed E-state index contributed by atoms with van der Waals surface area (Å²) in [4.78, 5) is 37.9. The molecule has 2 aliphatic rings. The van der Waals surface area contributed by atoms with Gasteiger partial charge in [0.1, 0.15) is 15.8 Å². The van der Waals surface area contributed by atoms with Crippen molar-refractivity contribution in [3.05, 3.63) is 74.5 Å². The van der Waals surface area contributed by atoms with Crippen LogP contribution in [0.15, 0.2) is 58.4 Å². The first-order valence-electron chi connectivity index (χ1n) is 11.4. The summed E-state index contributed by atoms with van der Waals surface area (Å²) in [7, 11) is 0. The molecular weight excluding hydrogens is 502 g/mol. The number of benzene rings is 1. The van der Waals surface area contributed by atoms with Crippen LogP contribution in [0.5, 0.6) is 0 Å². The van der Waals surface area contributed by atoms with Crippen molar-refractivity contribution in [3.63, 3.8) is 0 Å². The molecule has 2 aromatic heterocycles. The average Bonchev–Trinajstić information content (AvgIpc) is 3.13. The monoisotopic (exact) mass is 525 g/mol. The second kappa shape index (κ2) is 9.64. The van der Waals surface area contributed by atoms with Crippen LogP contribution in [0.2, 0.25) is 5.02 Å². The molecule has 2 aliphatic heterocycles. The van der Waals surface area contributed by atoms with E-state index in [-0.39, 0.29) is 17.5 Å². The lowest BCUT2D eigenvalue weighted by molar-refractivity contribution is -0.123. The molecule has 0 radical (unpaired) electrons. The van der Waals surface area contributed by atoms with E-state index in [2.05, 4.69) is 9.80 Å². The van der Waals surface area contributed by atoms with E-state index in [1.807, 2.05) is 50.2 Å². The Hall–Kier alpha value is -2.88. The number of pyridine rings is 1. The van der Waals surface area contributed by atoms with E-state index in [1.165, 1.54) is 16.2 Å². The molecule has 35 heavy (non-hydrogen) atoms. The van der Waals surface area contributed by atoms with Crippen LogP contribution in [-0.4, -0.2) is 56.7 Å². The summed E-state index contributed by atoms with van der Waals surface area (Å²) in [5, 5.41) is 0.704. The Kier molecular flexibility index (Phi) is 6.57. The lowest BCUT2D eigenvalue weighted by atomic mass is 10.2. The van der Waals surface area contributed by atoms with Gasteiger partial charge in [-0.15, -0.1) is 0 Å². The highest BCUT2D eigenvalue weighted by atomic mass is 35.5. The van der Waals surface area contributed by atoms with Crippen molar-refractivity contribution in [2.75, 3.05) is 36.0 Å². The fraction of sp³-hybridized carbons (Fsp3) is 0.280. The van der Waals surface area contributed by atoms with E-state index < -0.39 is 0 Å². The minimum absolute atomic E-state index is 0.0525. The number of thiocarbonyl (C=S) groups is 1. The van der Waals surface area contributed by atoms with Crippen molar-refractivity contribution in [1.82, 2.24) is 14.3 Å². The fourth-order valence-corrected chi connectivity index (χ4v) is 6.05. The first kappa shape index (κ1) is 23.8. The molecule has 2 saturated heterocycles. The number of hydrogen-bond donors (Lipinski definition) is 0. The largest absolute Gasteiger partial charge is 0.368 e. The van der Waals surface area contributed by atoms with Crippen molar-refractivity contribution < 1.29 is 4.79 Å². The van der Waals surface area contributed by atoms with Crippen molar-refractivity contribution in [2.24, 2.45) is 0 Å². The molecule has 3 aromatic rings. The molecule has 0 aliphatic carbocycles. The summed E-state index contributed by atoms with van der Waals surface area (Å²) in [5.74, 6) is 0.408. The molecule has 180 valence electrons. The molecule has 0 saturated carbocycles. The first-order chi connectivity index (χ1) is 16.8. The summed E-state index contributed by atoms with van der Waals surface area (Å²) in [6.07, 6.45) is 3.36. The molecule has 10 heteroatoms. The van der Waals surface area contributed by atoms with Crippen molar-refractivity contribution in [1.29, 1.82) is 0 Å². The Labute approximate surface area is 218 Å². The lowest BCUT2D eigenvalue weighted by Crippen LogP contribution is -2.47. The quantitative estimate of drug-likeness (QED) is 0.372. The highest BCUT2D eigenvalue weighted by Crippen LogP contribution is 2.35. The van der Waals surface area contributed by atoms with Gasteiger partial charge in [0, 0.05) is 49.1 Å². The van der Waals surface area contributed by atoms with Crippen LogP contribution in [0.4, 0.5) is 11.5 Å². The highest BCUT2D eigenvalue weighted by Gasteiger charge is 2.34. The Morgan fingerprint density at radius 3 is 2.49 bits per heavy atom. The summed E-state index contributed by atoms with van der Waals surface area (Å²) >= 11 is 12.8. The molecule has 0 N–H and O–H groups in total. The van der Waals surface area contributed by atoms with E-state index >= 15 is 0 Å². The molecule has 0 atom stereocenters. The Bertz CT molecular complexity index is 1410. The van der Waals surface area contributed by atoms with Gasteiger partial charge < -0.3 is 9.80 Å². The normalized spacial score (nSPS) is 17.9. The minimum atomic E-state index is -0.210. The number of anilines is 2. The Morgan fingerprint density at radius 2 is 1.80 bits per heavy atom. The predicted molar refractivity (Wildman–Crippen MR) is 147 cm³/mol. The zero-order chi connectivity index (χ0) is 24.7. The maximum atomic E-state index is 13.6. The standard InChI is InChI=1S/C25H24ClN5O2S2/c1-16(2)31-24(33)20(35-25(31)34)15-19-22(27-21-8-3-4-9-30(21)23(19)32)29-12-10-28(11-13-29)18-7-5-6-17(26)14-18/h3-9,14-16H,10-13H2,1-2H3/b20-15-. The van der Waals surface area contributed by atoms with Crippen LogP contribution in [0.3, 0.4) is 0 Å². The van der Waals surface area contributed by atoms with Gasteiger partial charge in [0.2, 0.25) is 0 Å². The molecule has 0 unspecified atom stereocenters. The molecule has 7 nitrogen and oxygen atoms in total. The van der Waals surface area contributed by atoms with Crippen molar-refractivity contribution in [2.45, 2.75) is 19.9 Å². The number of fused-ring (bicyclic) bond motifs is 1. The van der Waals surface area contributed by atoms with Crippen LogP contribution in [0.25, 0.3) is 11.7 Å². The molecule has 1 amide bonds. The fourth-order valence-electron chi connectivity index (χ4n) is 4.36. The number of amides is 1. The summed E-state index contributed by atoms with van der Waals surface area (Å²) in [5.41, 5.74) is 1.82. The number of rotatable bonds is 4. The Balaban J connectivity index is 1.52. The number of hydrogen-bond acceptors (Lipinski definition) is 7. The van der Waals surface area contributed by atoms with Crippen LogP contribution in [-0.2, 0) is 4.79 Å². The third kappa shape index (κ3) is 4.55. The smallest absolute Gasteiger partial charge is 0.267 e. The molecule has 4 heterocycles. The van der Waals surface area contributed by atoms with Gasteiger partial charge in [-0.2, -0.15) is 0 Å². The maximum absolute atomic E-state index is 13.6. The zero-order valence-electron chi connectivity index (χ0n) is 19.3. The number of halogens is 1. The van der Waals surface area contributed by atoms with Gasteiger partial charge in [-0.1, -0.05) is 47.7 Å².